The average Bonchev–Trinajstić information content (AvgIpc) is 2.96. The fourth-order valence-corrected chi connectivity index (χ4v) is 2.90. The molecule has 6 heteroatoms. The topological polar surface area (TPSA) is 69.0 Å². The van der Waals surface area contributed by atoms with Crippen LogP contribution < -0.4 is 10.1 Å². The van der Waals surface area contributed by atoms with Gasteiger partial charge in [0.05, 0.1) is 17.6 Å². The molecule has 27 heavy (non-hydrogen) atoms. The van der Waals surface area contributed by atoms with Crippen molar-refractivity contribution in [2.45, 2.75) is 6.92 Å². The van der Waals surface area contributed by atoms with Crippen LogP contribution in [0.1, 0.15) is 16.1 Å². The van der Waals surface area contributed by atoms with Crippen LogP contribution in [0.5, 0.6) is 11.5 Å². The summed E-state index contributed by atoms with van der Waals surface area (Å²) in [6.45, 7) is 1.92. The number of ether oxygens (including phenoxy) is 1. The van der Waals surface area contributed by atoms with Gasteiger partial charge in [-0.15, -0.1) is 0 Å². The van der Waals surface area contributed by atoms with E-state index in [-0.39, 0.29) is 5.91 Å². The molecule has 0 aliphatic heterocycles. The number of nitrogens with one attached hydrogen (secondary N) is 1. The number of carbonyl (C=O) groups excluding carboxylic acids is 1. The highest BCUT2D eigenvalue weighted by Crippen LogP contribution is 2.23. The van der Waals surface area contributed by atoms with Gasteiger partial charge in [0.2, 0.25) is 0 Å². The van der Waals surface area contributed by atoms with E-state index in [1.54, 1.807) is 29.1 Å². The predicted octanol–water partition coefficient (Wildman–Crippen LogP) is 4.32. The third kappa shape index (κ3) is 3.50. The Morgan fingerprint density at radius 1 is 1.04 bits per heavy atom. The number of benzene rings is 2. The van der Waals surface area contributed by atoms with Crippen molar-refractivity contribution in [3.05, 3.63) is 78.1 Å². The smallest absolute Gasteiger partial charge is 0.255 e. The lowest BCUT2D eigenvalue weighted by atomic mass is 10.2. The zero-order valence-electron chi connectivity index (χ0n) is 15.0. The number of aromatic nitrogens is 3. The Morgan fingerprint density at radius 3 is 2.63 bits per heavy atom. The minimum atomic E-state index is -0.226. The highest BCUT2D eigenvalue weighted by Gasteiger charge is 2.11. The molecule has 4 rings (SSSR count). The summed E-state index contributed by atoms with van der Waals surface area (Å²) < 4.78 is 7.52. The van der Waals surface area contributed by atoms with Gasteiger partial charge in [-0.05, 0) is 43.3 Å². The average molecular weight is 358 g/mol. The van der Waals surface area contributed by atoms with Gasteiger partial charge in [0.1, 0.15) is 11.5 Å². The van der Waals surface area contributed by atoms with Crippen LogP contribution in [-0.2, 0) is 7.05 Å². The highest BCUT2D eigenvalue weighted by atomic mass is 16.5. The first-order valence-corrected chi connectivity index (χ1v) is 8.54. The predicted molar refractivity (Wildman–Crippen MR) is 104 cm³/mol. The molecule has 0 fully saturated rings. The van der Waals surface area contributed by atoms with E-state index in [0.29, 0.717) is 17.0 Å². The number of nitrogens with zero attached hydrogens (tertiary/aromatic N) is 3. The van der Waals surface area contributed by atoms with E-state index in [1.165, 1.54) is 0 Å². The van der Waals surface area contributed by atoms with Crippen molar-refractivity contribution in [3.63, 3.8) is 0 Å². The van der Waals surface area contributed by atoms with Crippen molar-refractivity contribution in [1.29, 1.82) is 0 Å². The Morgan fingerprint density at radius 2 is 1.81 bits per heavy atom. The Bertz CT molecular complexity index is 1120. The molecule has 6 nitrogen and oxygen atoms in total. The molecule has 2 heterocycles. The fourth-order valence-electron chi connectivity index (χ4n) is 2.90. The molecule has 1 N–H and O–H groups in total. The molecule has 2 aromatic carbocycles. The van der Waals surface area contributed by atoms with Crippen molar-refractivity contribution >= 4 is 22.6 Å². The molecule has 0 spiro atoms. The molecule has 1 amide bonds. The van der Waals surface area contributed by atoms with Gasteiger partial charge < -0.3 is 10.1 Å². The van der Waals surface area contributed by atoms with Gasteiger partial charge in [0.15, 0.2) is 5.65 Å². The number of hydrogen-bond donors (Lipinski definition) is 1. The first-order valence-electron chi connectivity index (χ1n) is 8.54. The zero-order chi connectivity index (χ0) is 18.8. The maximum absolute atomic E-state index is 12.6. The second-order valence-corrected chi connectivity index (χ2v) is 6.20. The Kier molecular flexibility index (Phi) is 4.30. The second kappa shape index (κ2) is 6.92. The van der Waals surface area contributed by atoms with Crippen LogP contribution in [-0.4, -0.2) is 20.7 Å². The summed E-state index contributed by atoms with van der Waals surface area (Å²) in [5.41, 5.74) is 2.78. The number of amides is 1. The van der Waals surface area contributed by atoms with Gasteiger partial charge in [0, 0.05) is 18.0 Å². The van der Waals surface area contributed by atoms with Crippen LogP contribution in [0.2, 0.25) is 0 Å². The highest BCUT2D eigenvalue weighted by molar-refractivity contribution is 6.05. The number of para-hydroxylation sites is 1. The molecular formula is C21H18N4O2. The van der Waals surface area contributed by atoms with E-state index in [9.17, 15) is 4.79 Å². The van der Waals surface area contributed by atoms with Gasteiger partial charge in [-0.1, -0.05) is 24.3 Å². The second-order valence-electron chi connectivity index (χ2n) is 6.20. The van der Waals surface area contributed by atoms with Crippen molar-refractivity contribution in [2.75, 3.05) is 5.32 Å². The Hall–Kier alpha value is -3.67. The fraction of sp³-hybridized carbons (Fsp3) is 0.0952. The maximum Gasteiger partial charge on any atom is 0.255 e. The quantitative estimate of drug-likeness (QED) is 0.590. The van der Waals surface area contributed by atoms with Crippen molar-refractivity contribution in [1.82, 2.24) is 14.8 Å². The van der Waals surface area contributed by atoms with Crippen molar-refractivity contribution in [2.24, 2.45) is 7.05 Å². The van der Waals surface area contributed by atoms with E-state index in [1.807, 2.05) is 56.4 Å². The molecular weight excluding hydrogens is 340 g/mol. The van der Waals surface area contributed by atoms with Gasteiger partial charge >= 0.3 is 0 Å². The van der Waals surface area contributed by atoms with Crippen molar-refractivity contribution < 1.29 is 9.53 Å². The van der Waals surface area contributed by atoms with Crippen LogP contribution in [0.4, 0.5) is 5.69 Å². The van der Waals surface area contributed by atoms with Crippen LogP contribution >= 0.6 is 0 Å². The lowest BCUT2D eigenvalue weighted by molar-refractivity contribution is 0.102. The first kappa shape index (κ1) is 16.8. The summed E-state index contributed by atoms with van der Waals surface area (Å²) in [7, 11) is 1.85. The Labute approximate surface area is 156 Å². The third-order valence-electron chi connectivity index (χ3n) is 4.20. The lowest BCUT2D eigenvalue weighted by Gasteiger charge is -2.08. The molecule has 0 atom stereocenters. The summed E-state index contributed by atoms with van der Waals surface area (Å²) >= 11 is 0. The minimum absolute atomic E-state index is 0.226. The number of aryl methyl sites for hydroxylation is 2. The van der Waals surface area contributed by atoms with Crippen LogP contribution in [0.3, 0.4) is 0 Å². The molecule has 0 aliphatic carbocycles. The van der Waals surface area contributed by atoms with Crippen LogP contribution in [0.25, 0.3) is 11.0 Å². The molecule has 0 bridgehead atoms. The molecule has 4 aromatic rings. The zero-order valence-corrected chi connectivity index (χ0v) is 15.0. The normalized spacial score (nSPS) is 10.7. The van der Waals surface area contributed by atoms with E-state index >= 15 is 0 Å². The molecule has 0 aliphatic rings. The van der Waals surface area contributed by atoms with Gasteiger partial charge in [-0.3, -0.25) is 9.48 Å². The van der Waals surface area contributed by atoms with Crippen LogP contribution in [0, 0.1) is 6.92 Å². The summed E-state index contributed by atoms with van der Waals surface area (Å²) in [5.74, 6) is 1.10. The van der Waals surface area contributed by atoms with E-state index < -0.39 is 0 Å². The number of fused-ring (bicyclic) bond motifs is 1. The molecule has 0 unspecified atom stereocenters. The van der Waals surface area contributed by atoms with E-state index in [4.69, 9.17) is 4.74 Å². The number of hydrogen-bond acceptors (Lipinski definition) is 4. The summed E-state index contributed by atoms with van der Waals surface area (Å²) in [6, 6.07) is 18.4. The van der Waals surface area contributed by atoms with Crippen LogP contribution in [0.15, 0.2) is 66.9 Å². The number of rotatable bonds is 4. The van der Waals surface area contributed by atoms with E-state index in [2.05, 4.69) is 15.4 Å². The summed E-state index contributed by atoms with van der Waals surface area (Å²) in [6.07, 6.45) is 1.63. The number of carbonyl (C=O) groups is 1. The maximum atomic E-state index is 12.6. The standard InChI is InChI=1S/C21H18N4O2/c1-14-19-12-16(13-22-20(19)25(2)24-14)23-21(26)15-7-6-10-18(11-15)27-17-8-4-3-5-9-17/h3-13H,1-2H3,(H,23,26). The largest absolute Gasteiger partial charge is 0.457 e. The first-order chi connectivity index (χ1) is 13.1. The molecule has 0 radical (unpaired) electrons. The number of anilines is 1. The minimum Gasteiger partial charge on any atom is -0.457 e. The summed E-state index contributed by atoms with van der Waals surface area (Å²) in [4.78, 5) is 17.0. The molecule has 2 aromatic heterocycles. The molecule has 0 saturated heterocycles. The molecule has 134 valence electrons. The van der Waals surface area contributed by atoms with Gasteiger partial charge in [-0.2, -0.15) is 5.10 Å². The SMILES string of the molecule is Cc1nn(C)c2ncc(NC(=O)c3cccc(Oc4ccccc4)c3)cc12. The summed E-state index contributed by atoms with van der Waals surface area (Å²) in [5, 5.41) is 8.14. The van der Waals surface area contributed by atoms with Gasteiger partial charge in [0.25, 0.3) is 5.91 Å². The molecule has 0 saturated carbocycles. The van der Waals surface area contributed by atoms with E-state index in [0.717, 1.165) is 22.5 Å². The van der Waals surface area contributed by atoms with Gasteiger partial charge in [-0.25, -0.2) is 4.98 Å². The third-order valence-corrected chi connectivity index (χ3v) is 4.20. The monoisotopic (exact) mass is 358 g/mol. The lowest BCUT2D eigenvalue weighted by Crippen LogP contribution is -2.12. The van der Waals surface area contributed by atoms with Crippen molar-refractivity contribution in [3.8, 4) is 11.5 Å². The number of pyridine rings is 1. The Balaban J connectivity index is 1.54.